The van der Waals surface area contributed by atoms with Gasteiger partial charge in [-0.25, -0.2) is 8.51 Å². The number of hydrogen-bond donors (Lipinski definition) is 1. The van der Waals surface area contributed by atoms with Crippen LogP contribution < -0.4 is 0 Å². The summed E-state index contributed by atoms with van der Waals surface area (Å²) in [6.45, 7) is 0.767. The Bertz CT molecular complexity index is 124. The van der Waals surface area contributed by atoms with Gasteiger partial charge < -0.3 is 0 Å². The van der Waals surface area contributed by atoms with Crippen LogP contribution in [0, 0.1) is 5.92 Å². The first-order valence-electron chi connectivity index (χ1n) is 3.02. The molecule has 0 heterocycles. The summed E-state index contributed by atoms with van der Waals surface area (Å²) in [7, 11) is 1.66. The van der Waals surface area contributed by atoms with Gasteiger partial charge in [0.15, 0.2) is 0 Å². The molecule has 9 heavy (non-hydrogen) atoms. The summed E-state index contributed by atoms with van der Waals surface area (Å²) < 4.78 is 20.3. The summed E-state index contributed by atoms with van der Waals surface area (Å²) in [4.78, 5) is 0. The Morgan fingerprint density at radius 2 is 2.33 bits per heavy atom. The van der Waals surface area contributed by atoms with Crippen molar-refractivity contribution in [1.29, 1.82) is 0 Å². The molecule has 1 N–H and O–H groups in total. The van der Waals surface area contributed by atoms with Gasteiger partial charge in [0, 0.05) is 13.6 Å². The fourth-order valence-electron chi connectivity index (χ4n) is 0.728. The Morgan fingerprint density at radius 1 is 1.78 bits per heavy atom. The third kappa shape index (κ3) is 2.43. The first kappa shape index (κ1) is 7.18. The van der Waals surface area contributed by atoms with Crippen LogP contribution in [-0.4, -0.2) is 26.7 Å². The molecule has 3 nitrogen and oxygen atoms in total. The van der Waals surface area contributed by atoms with Crippen LogP contribution in [0.3, 0.4) is 0 Å². The third-order valence-corrected chi connectivity index (χ3v) is 2.16. The second-order valence-corrected chi connectivity index (χ2v) is 3.57. The van der Waals surface area contributed by atoms with Crippen molar-refractivity contribution in [3.05, 3.63) is 0 Å². The van der Waals surface area contributed by atoms with Crippen molar-refractivity contribution in [2.45, 2.75) is 12.8 Å². The van der Waals surface area contributed by atoms with Gasteiger partial charge >= 0.3 is 0 Å². The predicted molar refractivity (Wildman–Crippen MR) is 36.1 cm³/mol. The zero-order chi connectivity index (χ0) is 6.85. The van der Waals surface area contributed by atoms with Crippen LogP contribution in [0.2, 0.25) is 0 Å². The molecular weight excluding hydrogens is 138 g/mol. The summed E-state index contributed by atoms with van der Waals surface area (Å²) in [5.74, 6) is 0.686. The van der Waals surface area contributed by atoms with Crippen molar-refractivity contribution in [2.75, 3.05) is 13.6 Å². The Hall–Kier alpha value is 0.0700. The molecule has 0 amide bonds. The molecule has 1 fully saturated rings. The third-order valence-electron chi connectivity index (χ3n) is 1.48. The second-order valence-electron chi connectivity index (χ2n) is 2.48. The van der Waals surface area contributed by atoms with Crippen LogP contribution in [0.1, 0.15) is 12.8 Å². The van der Waals surface area contributed by atoms with Gasteiger partial charge in [-0.1, -0.05) is 0 Å². The lowest BCUT2D eigenvalue weighted by Crippen LogP contribution is -2.22. The van der Waals surface area contributed by atoms with E-state index >= 15 is 0 Å². The molecule has 0 spiro atoms. The monoisotopic (exact) mass is 149 g/mol. The standard InChI is InChI=1S/C5H11NO2S/c1-6(9(7)8)4-5-2-3-5/h5H,2-4H2,1H3,(H,7,8). The fraction of sp³-hybridized carbons (Fsp3) is 1.00. The molecule has 0 aromatic rings. The van der Waals surface area contributed by atoms with Gasteiger partial charge in [0.05, 0.1) is 0 Å². The summed E-state index contributed by atoms with van der Waals surface area (Å²) in [5, 5.41) is 0. The van der Waals surface area contributed by atoms with Crippen LogP contribution in [0.4, 0.5) is 0 Å². The van der Waals surface area contributed by atoms with E-state index in [4.69, 9.17) is 4.55 Å². The lowest BCUT2D eigenvalue weighted by molar-refractivity contribution is 0.434. The SMILES string of the molecule is CN(CC1CC1)S(=O)O. The molecule has 0 aliphatic heterocycles. The molecule has 0 radical (unpaired) electrons. The van der Waals surface area contributed by atoms with E-state index in [9.17, 15) is 4.21 Å². The van der Waals surface area contributed by atoms with Gasteiger partial charge in [-0.15, -0.1) is 0 Å². The van der Waals surface area contributed by atoms with Crippen LogP contribution in [0.5, 0.6) is 0 Å². The van der Waals surface area contributed by atoms with Crippen molar-refractivity contribution in [3.8, 4) is 0 Å². The molecule has 0 bridgehead atoms. The lowest BCUT2D eigenvalue weighted by atomic mass is 10.4. The Morgan fingerprint density at radius 3 is 2.67 bits per heavy atom. The minimum absolute atomic E-state index is 0.686. The van der Waals surface area contributed by atoms with E-state index < -0.39 is 11.3 Å². The molecule has 1 aliphatic carbocycles. The van der Waals surface area contributed by atoms with Gasteiger partial charge in [-0.3, -0.25) is 4.55 Å². The van der Waals surface area contributed by atoms with Gasteiger partial charge in [0.2, 0.25) is 11.3 Å². The van der Waals surface area contributed by atoms with Crippen LogP contribution in [0.15, 0.2) is 0 Å². The van der Waals surface area contributed by atoms with Crippen molar-refractivity contribution < 1.29 is 8.76 Å². The molecule has 1 aliphatic rings. The quantitative estimate of drug-likeness (QED) is 0.592. The van der Waals surface area contributed by atoms with Gasteiger partial charge in [-0.2, -0.15) is 0 Å². The topological polar surface area (TPSA) is 40.5 Å². The van der Waals surface area contributed by atoms with E-state index in [2.05, 4.69) is 0 Å². The Labute approximate surface area is 57.5 Å². The highest BCUT2D eigenvalue weighted by atomic mass is 32.2. The van der Waals surface area contributed by atoms with Gasteiger partial charge in [0.25, 0.3) is 0 Å². The highest BCUT2D eigenvalue weighted by Gasteiger charge is 2.24. The normalized spacial score (nSPS) is 22.6. The maximum atomic E-state index is 10.3. The van der Waals surface area contributed by atoms with E-state index in [1.165, 1.54) is 17.1 Å². The smallest absolute Gasteiger partial charge is 0.234 e. The van der Waals surface area contributed by atoms with E-state index in [1.54, 1.807) is 7.05 Å². The summed E-state index contributed by atoms with van der Waals surface area (Å²) in [5.41, 5.74) is 0. The summed E-state index contributed by atoms with van der Waals surface area (Å²) in [6.07, 6.45) is 2.45. The average Bonchev–Trinajstić information content (AvgIpc) is 2.50. The van der Waals surface area contributed by atoms with E-state index in [1.807, 2.05) is 0 Å². The number of hydrogen-bond acceptors (Lipinski definition) is 1. The van der Waals surface area contributed by atoms with E-state index in [0.29, 0.717) is 5.92 Å². The molecule has 0 aromatic heterocycles. The van der Waals surface area contributed by atoms with Crippen LogP contribution in [0.25, 0.3) is 0 Å². The van der Waals surface area contributed by atoms with Crippen molar-refractivity contribution >= 4 is 11.3 Å². The Balaban J connectivity index is 2.16. The first-order valence-corrected chi connectivity index (χ1v) is 4.08. The lowest BCUT2D eigenvalue weighted by Gasteiger charge is -2.08. The van der Waals surface area contributed by atoms with Crippen molar-refractivity contribution in [3.63, 3.8) is 0 Å². The van der Waals surface area contributed by atoms with Crippen molar-refractivity contribution in [2.24, 2.45) is 5.92 Å². The maximum Gasteiger partial charge on any atom is 0.234 e. The van der Waals surface area contributed by atoms with Crippen molar-refractivity contribution in [1.82, 2.24) is 4.31 Å². The average molecular weight is 149 g/mol. The van der Waals surface area contributed by atoms with Gasteiger partial charge in [0.1, 0.15) is 0 Å². The summed E-state index contributed by atoms with van der Waals surface area (Å²) in [6, 6.07) is 0. The highest BCUT2D eigenvalue weighted by molar-refractivity contribution is 7.76. The molecule has 1 unspecified atom stereocenters. The van der Waals surface area contributed by atoms with Crippen LogP contribution >= 0.6 is 0 Å². The number of rotatable bonds is 3. The molecule has 0 saturated heterocycles. The minimum Gasteiger partial charge on any atom is -0.294 e. The van der Waals surface area contributed by atoms with E-state index in [0.717, 1.165) is 6.54 Å². The highest BCUT2D eigenvalue weighted by Crippen LogP contribution is 2.29. The zero-order valence-corrected chi connectivity index (χ0v) is 6.23. The minimum atomic E-state index is -1.76. The predicted octanol–water partition coefficient (Wildman–Crippen LogP) is 0.465. The molecule has 1 atom stereocenters. The molecule has 4 heteroatoms. The van der Waals surface area contributed by atoms with Crippen LogP contribution in [-0.2, 0) is 11.3 Å². The molecule has 1 rings (SSSR count). The molecular formula is C5H11NO2S. The second kappa shape index (κ2) is 2.77. The van der Waals surface area contributed by atoms with E-state index in [-0.39, 0.29) is 0 Å². The molecule has 1 saturated carbocycles. The fourth-order valence-corrected chi connectivity index (χ4v) is 1.07. The molecule has 0 aromatic carbocycles. The summed E-state index contributed by atoms with van der Waals surface area (Å²) >= 11 is -1.76. The maximum absolute atomic E-state index is 10.3. The van der Waals surface area contributed by atoms with Gasteiger partial charge in [-0.05, 0) is 18.8 Å². The Kier molecular flexibility index (Phi) is 2.21. The first-order chi connectivity index (χ1) is 4.20. The largest absolute Gasteiger partial charge is 0.294 e. The number of nitrogens with zero attached hydrogens (tertiary/aromatic N) is 1. The zero-order valence-electron chi connectivity index (χ0n) is 5.41. The molecule has 54 valence electrons.